The largest absolute Gasteiger partial charge is 1.00 e. The van der Waals surface area contributed by atoms with Crippen molar-refractivity contribution in [3.05, 3.63) is 96.7 Å². The average molecular weight is 1100 g/mol. The molecule has 0 radical (unpaired) electrons. The molecule has 7 aromatic rings. The van der Waals surface area contributed by atoms with E-state index >= 15 is 0 Å². The van der Waals surface area contributed by atoms with Gasteiger partial charge in [0.05, 0.1) is 34.8 Å². The second kappa shape index (κ2) is 23.6. The zero-order valence-corrected chi connectivity index (χ0v) is 45.3. The Balaban J connectivity index is 0.00000706. The van der Waals surface area contributed by atoms with Crippen molar-refractivity contribution < 1.29 is 140 Å². The van der Waals surface area contributed by atoms with Crippen LogP contribution in [0.2, 0.25) is 0 Å². The SMILES string of the molecule is O=C(CCCCCN1/C(=C/C=C/C=C/c2oc3cc4c(cc3[n+]2CCCCCC(=O)ON2C(=O)CCC2=O)oc2ccc(S(=O)(=O)[O-])cc24)Oc2cc3c(cc21)oc1ccc(SOO[O-])cc13)ON1C(=O)CCC1=O.[K+]. The van der Waals surface area contributed by atoms with Gasteiger partial charge in [-0.15, -0.1) is 10.1 Å². The molecule has 6 heterocycles. The third kappa shape index (κ3) is 11.8. The van der Waals surface area contributed by atoms with Gasteiger partial charge in [0, 0.05) is 84.0 Å². The number of oxazole rings is 1. The molecule has 22 nitrogen and oxygen atoms in total. The number of aromatic nitrogens is 1. The van der Waals surface area contributed by atoms with Crippen molar-refractivity contribution in [1.29, 1.82) is 0 Å². The molecule has 76 heavy (non-hydrogen) atoms. The molecule has 25 heteroatoms. The standard InChI is InChI=1S/C51H44N4O18S2.K/c56-44-18-19-45(57)54(44)70-50(60)12-6-2-8-22-52-36-28-40-34(32-24-30(74-73-72-62)14-16-38(32)66-40)26-42(36)68-48(52)10-4-1-5-11-49-53(23-9-3-7-13-51(61)71-55-46(58)20-21-47(55)59)37-29-41-35(27-43(37)69-49)33-25-31(75(63,64)65)15-17-39(33)67-41;/h1,4-5,10-11,14-17,24-29H,2-3,6-9,12-13,18-23H2,(H-,62,63,64,65);/q;+1/p-1. The Bertz CT molecular complexity index is 3660. The van der Waals surface area contributed by atoms with Gasteiger partial charge in [-0.1, -0.05) is 24.6 Å². The molecule has 0 bridgehead atoms. The van der Waals surface area contributed by atoms with E-state index in [0.29, 0.717) is 128 Å². The van der Waals surface area contributed by atoms with E-state index in [1.807, 2.05) is 21.6 Å². The number of nitrogens with zero attached hydrogens (tertiary/aromatic N) is 4. The van der Waals surface area contributed by atoms with E-state index in [1.54, 1.807) is 60.7 Å². The summed E-state index contributed by atoms with van der Waals surface area (Å²) in [7, 11) is -4.75. The van der Waals surface area contributed by atoms with E-state index < -0.39 is 50.6 Å². The van der Waals surface area contributed by atoms with E-state index in [1.165, 1.54) is 18.2 Å². The Morgan fingerprint density at radius 2 is 1.28 bits per heavy atom. The number of fused-ring (bicyclic) bond motifs is 8. The number of ether oxygens (including phenoxy) is 1. The molecule has 3 aliphatic heterocycles. The van der Waals surface area contributed by atoms with Gasteiger partial charge in [-0.05, 0) is 80.3 Å². The van der Waals surface area contributed by atoms with Crippen LogP contribution in [0.4, 0.5) is 5.69 Å². The minimum Gasteiger partial charge on any atom is -0.744 e. The Morgan fingerprint density at radius 1 is 0.671 bits per heavy atom. The number of imide groups is 2. The van der Waals surface area contributed by atoms with E-state index in [9.17, 15) is 47.0 Å². The van der Waals surface area contributed by atoms with E-state index in [4.69, 9.17) is 27.7 Å². The molecule has 4 amide bonds. The summed E-state index contributed by atoms with van der Waals surface area (Å²) >= 11 is 0.754. The molecule has 388 valence electrons. The van der Waals surface area contributed by atoms with Crippen LogP contribution in [-0.4, -0.2) is 65.2 Å². The summed E-state index contributed by atoms with van der Waals surface area (Å²) in [5, 5.41) is 17.5. The molecule has 2 saturated heterocycles. The van der Waals surface area contributed by atoms with Crippen molar-refractivity contribution in [2.45, 2.75) is 93.4 Å². The number of rotatable bonds is 21. The van der Waals surface area contributed by atoms with Gasteiger partial charge >= 0.3 is 69.2 Å². The molecular formula is C51H43KN4O18S2. The Hall–Kier alpha value is -6.23. The number of carbonyl (C=O) groups excluding carboxylic acids is 6. The van der Waals surface area contributed by atoms with Gasteiger partial charge < -0.3 is 42.4 Å². The van der Waals surface area contributed by atoms with Crippen LogP contribution in [0.25, 0.3) is 61.1 Å². The number of anilines is 1. The Morgan fingerprint density at radius 3 is 1.93 bits per heavy atom. The van der Waals surface area contributed by atoms with Crippen molar-refractivity contribution in [1.82, 2.24) is 10.1 Å². The number of aryl methyl sites for hydroxylation is 1. The molecule has 0 atom stereocenters. The summed E-state index contributed by atoms with van der Waals surface area (Å²) in [5.74, 6) is -2.10. The van der Waals surface area contributed by atoms with Crippen LogP contribution in [0.5, 0.6) is 5.75 Å². The number of amides is 4. The Labute approximate surface area is 477 Å². The fourth-order valence-electron chi connectivity index (χ4n) is 9.05. The van der Waals surface area contributed by atoms with Crippen molar-refractivity contribution in [2.24, 2.45) is 0 Å². The van der Waals surface area contributed by atoms with Gasteiger partial charge in [-0.2, -0.15) is 8.90 Å². The number of carbonyl (C=O) groups is 6. The first kappa shape index (κ1) is 54.6. The van der Waals surface area contributed by atoms with Gasteiger partial charge in [-0.25, -0.2) is 18.0 Å². The van der Waals surface area contributed by atoms with Crippen LogP contribution < -0.4 is 70.8 Å². The molecule has 0 unspecified atom stereocenters. The smallest absolute Gasteiger partial charge is 0.744 e. The van der Waals surface area contributed by atoms with Gasteiger partial charge in [-0.3, -0.25) is 24.2 Å². The van der Waals surface area contributed by atoms with E-state index in [0.717, 1.165) is 28.5 Å². The number of furan rings is 2. The summed E-state index contributed by atoms with van der Waals surface area (Å²) in [5.41, 5.74) is 3.77. The quantitative estimate of drug-likeness (QED) is 0.0112. The minimum atomic E-state index is -4.75. The minimum absolute atomic E-state index is 0. The molecule has 0 aliphatic carbocycles. The summed E-state index contributed by atoms with van der Waals surface area (Å²) < 4.78 is 67.2. The fraction of sp³-hybridized carbons (Fsp3) is 0.275. The van der Waals surface area contributed by atoms with Crippen molar-refractivity contribution in [3.8, 4) is 5.75 Å². The zero-order valence-electron chi connectivity index (χ0n) is 40.5. The van der Waals surface area contributed by atoms with Crippen LogP contribution >= 0.6 is 12.0 Å². The van der Waals surface area contributed by atoms with Crippen LogP contribution in [0.15, 0.2) is 114 Å². The first-order chi connectivity index (χ1) is 36.2. The monoisotopic (exact) mass is 1100 g/mol. The number of unbranched alkanes of at least 4 members (excludes halogenated alkanes) is 4. The van der Waals surface area contributed by atoms with Gasteiger partial charge in [0.2, 0.25) is 11.5 Å². The first-order valence-electron chi connectivity index (χ1n) is 23.8. The molecule has 4 aromatic carbocycles. The van der Waals surface area contributed by atoms with Gasteiger partial charge in [0.25, 0.3) is 29.1 Å². The second-order valence-corrected chi connectivity index (χ2v) is 19.8. The maximum atomic E-state index is 12.5. The summed E-state index contributed by atoms with van der Waals surface area (Å²) in [6.45, 7) is 0.882. The van der Waals surface area contributed by atoms with E-state index in [-0.39, 0.29) is 89.9 Å². The normalized spacial score (nSPS) is 15.6. The number of allylic oxidation sites excluding steroid dienone is 4. The maximum absolute atomic E-state index is 12.5. The van der Waals surface area contributed by atoms with Gasteiger partial charge in [0.1, 0.15) is 32.5 Å². The zero-order chi connectivity index (χ0) is 52.4. The summed E-state index contributed by atoms with van der Waals surface area (Å²) in [4.78, 5) is 84.7. The molecule has 0 spiro atoms. The maximum Gasteiger partial charge on any atom is 1.00 e. The number of hydroxylamine groups is 4. The van der Waals surface area contributed by atoms with Crippen molar-refractivity contribution in [3.63, 3.8) is 0 Å². The molecule has 0 saturated carbocycles. The van der Waals surface area contributed by atoms with E-state index in [2.05, 4.69) is 9.37 Å². The van der Waals surface area contributed by atoms with Crippen molar-refractivity contribution >= 4 is 124 Å². The second-order valence-electron chi connectivity index (χ2n) is 17.6. The molecular weight excluding hydrogens is 1060 g/mol. The first-order valence-corrected chi connectivity index (χ1v) is 25.9. The molecule has 3 aliphatic rings. The van der Waals surface area contributed by atoms with Crippen LogP contribution in [-0.2, 0) is 64.5 Å². The predicted octanol–water partition coefficient (Wildman–Crippen LogP) is 4.30. The van der Waals surface area contributed by atoms with Crippen LogP contribution in [0.1, 0.15) is 82.9 Å². The Kier molecular flexibility index (Phi) is 16.9. The van der Waals surface area contributed by atoms with Crippen LogP contribution in [0, 0.1) is 0 Å². The molecule has 3 aromatic heterocycles. The third-order valence-electron chi connectivity index (χ3n) is 12.7. The summed E-state index contributed by atoms with van der Waals surface area (Å²) in [6.07, 6.45) is 12.0. The molecule has 0 N–H and O–H groups in total. The summed E-state index contributed by atoms with van der Waals surface area (Å²) in [6, 6.07) is 16.4. The third-order valence-corrected chi connectivity index (χ3v) is 14.1. The number of hydrogen-bond acceptors (Lipinski definition) is 20. The fourth-order valence-corrected chi connectivity index (χ4v) is 9.95. The van der Waals surface area contributed by atoms with Gasteiger partial charge in [0.15, 0.2) is 12.3 Å². The average Bonchev–Trinajstić information content (AvgIpc) is 4.26. The predicted molar refractivity (Wildman–Crippen MR) is 259 cm³/mol. The number of hydrogen-bond donors (Lipinski definition) is 0. The molecule has 10 rings (SSSR count). The number of benzene rings is 4. The van der Waals surface area contributed by atoms with Crippen molar-refractivity contribution in [2.75, 3.05) is 11.4 Å². The topological polar surface area (TPSA) is 282 Å². The molecule has 2 fully saturated rings. The van der Waals surface area contributed by atoms with Crippen LogP contribution in [0.3, 0.4) is 0 Å².